The van der Waals surface area contributed by atoms with Crippen molar-refractivity contribution < 1.29 is 18.3 Å². The first-order chi connectivity index (χ1) is 8.16. The molecule has 0 aliphatic rings. The first-order valence-corrected chi connectivity index (χ1v) is 7.60. The van der Waals surface area contributed by atoms with Gasteiger partial charge < -0.3 is 5.11 Å². The molecular weight excluding hydrogens is 392 g/mol. The maximum absolute atomic E-state index is 11.9. The van der Waals surface area contributed by atoms with Crippen molar-refractivity contribution in [2.24, 2.45) is 0 Å². The maximum Gasteiger partial charge on any atom is 0.409 e. The number of carbonyl (C=O) groups is 1. The van der Waals surface area contributed by atoms with Crippen LogP contribution in [0, 0.1) is 0 Å². The van der Waals surface area contributed by atoms with E-state index in [1.54, 1.807) is 0 Å². The standard InChI is InChI=1S/C9H10Br2N2O4S/c1-13(2)18(16,17)5-3-6(10)8(7(11)4-5)12-9(14)15/h3-4,12H,1-2H3,(H,14,15). The Bertz CT molecular complexity index is 563. The second kappa shape index (κ2) is 5.55. The predicted octanol–water partition coefficient (Wildman–Crippen LogP) is 2.55. The SMILES string of the molecule is CN(C)S(=O)(=O)c1cc(Br)c(NC(=O)O)c(Br)c1. The first kappa shape index (κ1) is 15.4. The highest BCUT2D eigenvalue weighted by Crippen LogP contribution is 2.34. The van der Waals surface area contributed by atoms with Crippen molar-refractivity contribution in [2.75, 3.05) is 19.4 Å². The van der Waals surface area contributed by atoms with Gasteiger partial charge >= 0.3 is 6.09 Å². The third-order valence-electron chi connectivity index (χ3n) is 2.03. The van der Waals surface area contributed by atoms with E-state index in [0.717, 1.165) is 4.31 Å². The largest absolute Gasteiger partial charge is 0.465 e. The van der Waals surface area contributed by atoms with Crippen molar-refractivity contribution in [1.29, 1.82) is 0 Å². The second-order valence-electron chi connectivity index (χ2n) is 3.48. The van der Waals surface area contributed by atoms with Crippen LogP contribution in [-0.4, -0.2) is 38.0 Å². The minimum Gasteiger partial charge on any atom is -0.465 e. The number of nitrogens with zero attached hydrogens (tertiary/aromatic N) is 1. The van der Waals surface area contributed by atoms with Gasteiger partial charge in [-0.1, -0.05) is 0 Å². The van der Waals surface area contributed by atoms with Crippen LogP contribution in [0.15, 0.2) is 26.0 Å². The zero-order valence-electron chi connectivity index (χ0n) is 9.44. The highest BCUT2D eigenvalue weighted by Gasteiger charge is 2.20. The Kier molecular flexibility index (Phi) is 4.76. The molecule has 0 atom stereocenters. The Morgan fingerprint density at radius 2 is 1.72 bits per heavy atom. The number of anilines is 1. The number of benzene rings is 1. The first-order valence-electron chi connectivity index (χ1n) is 4.57. The molecular formula is C9H10Br2N2O4S. The van der Waals surface area contributed by atoms with Gasteiger partial charge in [0.15, 0.2) is 0 Å². The van der Waals surface area contributed by atoms with Crippen LogP contribution in [-0.2, 0) is 10.0 Å². The van der Waals surface area contributed by atoms with Gasteiger partial charge in [0.25, 0.3) is 0 Å². The minimum absolute atomic E-state index is 0.0576. The van der Waals surface area contributed by atoms with Gasteiger partial charge in [0.05, 0.1) is 10.6 Å². The summed E-state index contributed by atoms with van der Waals surface area (Å²) in [5, 5.41) is 10.8. The molecule has 0 aliphatic carbocycles. The van der Waals surface area contributed by atoms with Crippen LogP contribution in [0.2, 0.25) is 0 Å². The summed E-state index contributed by atoms with van der Waals surface area (Å²) in [6.07, 6.45) is -1.24. The summed E-state index contributed by atoms with van der Waals surface area (Å²) in [5.41, 5.74) is 0.250. The lowest BCUT2D eigenvalue weighted by Gasteiger charge is -2.14. The summed E-state index contributed by atoms with van der Waals surface area (Å²) in [4.78, 5) is 10.6. The second-order valence-corrected chi connectivity index (χ2v) is 7.34. The highest BCUT2D eigenvalue weighted by atomic mass is 79.9. The Balaban J connectivity index is 3.36. The fourth-order valence-corrected chi connectivity index (χ4v) is 3.78. The van der Waals surface area contributed by atoms with E-state index in [2.05, 4.69) is 37.2 Å². The summed E-state index contributed by atoms with van der Waals surface area (Å²) in [7, 11) is -0.735. The normalized spacial score (nSPS) is 11.6. The Morgan fingerprint density at radius 1 is 1.28 bits per heavy atom. The van der Waals surface area contributed by atoms with Crippen molar-refractivity contribution in [3.63, 3.8) is 0 Å². The van der Waals surface area contributed by atoms with Crippen LogP contribution < -0.4 is 5.32 Å². The van der Waals surface area contributed by atoms with Gasteiger partial charge in [-0.15, -0.1) is 0 Å². The van der Waals surface area contributed by atoms with Gasteiger partial charge in [0.2, 0.25) is 10.0 Å². The van der Waals surface area contributed by atoms with Crippen LogP contribution in [0.5, 0.6) is 0 Å². The van der Waals surface area contributed by atoms with Crippen molar-refractivity contribution in [3.05, 3.63) is 21.1 Å². The Labute approximate surface area is 121 Å². The Hall–Kier alpha value is -0.640. The van der Waals surface area contributed by atoms with E-state index in [9.17, 15) is 13.2 Å². The van der Waals surface area contributed by atoms with Crippen molar-refractivity contribution in [3.8, 4) is 0 Å². The number of carboxylic acid groups (broad SMARTS) is 1. The Morgan fingerprint density at radius 3 is 2.06 bits per heavy atom. The lowest BCUT2D eigenvalue weighted by atomic mass is 10.3. The highest BCUT2D eigenvalue weighted by molar-refractivity contribution is 9.11. The molecule has 100 valence electrons. The molecule has 0 saturated carbocycles. The molecule has 0 spiro atoms. The molecule has 1 aromatic rings. The average Bonchev–Trinajstić information content (AvgIpc) is 2.22. The maximum atomic E-state index is 11.9. The average molecular weight is 402 g/mol. The number of halogens is 2. The van der Waals surface area contributed by atoms with Gasteiger partial charge in [-0.05, 0) is 44.0 Å². The fraction of sp³-hybridized carbons (Fsp3) is 0.222. The molecule has 0 bridgehead atoms. The third-order valence-corrected chi connectivity index (χ3v) is 5.07. The van der Waals surface area contributed by atoms with Crippen LogP contribution in [0.25, 0.3) is 0 Å². The predicted molar refractivity (Wildman–Crippen MR) is 74.4 cm³/mol. The smallest absolute Gasteiger partial charge is 0.409 e. The third kappa shape index (κ3) is 3.22. The molecule has 0 fully saturated rings. The number of hydrogen-bond donors (Lipinski definition) is 2. The number of hydrogen-bond acceptors (Lipinski definition) is 3. The number of sulfonamides is 1. The van der Waals surface area contributed by atoms with Crippen molar-refractivity contribution >= 4 is 53.7 Å². The summed E-state index contributed by atoms with van der Waals surface area (Å²) >= 11 is 6.26. The quantitative estimate of drug-likeness (QED) is 0.814. The topological polar surface area (TPSA) is 86.7 Å². The van der Waals surface area contributed by atoms with Crippen LogP contribution >= 0.6 is 31.9 Å². The monoisotopic (exact) mass is 400 g/mol. The molecule has 0 heterocycles. The molecule has 9 heteroatoms. The van der Waals surface area contributed by atoms with E-state index < -0.39 is 16.1 Å². The number of rotatable bonds is 3. The fourth-order valence-electron chi connectivity index (χ4n) is 1.14. The van der Waals surface area contributed by atoms with Crippen molar-refractivity contribution in [2.45, 2.75) is 4.90 Å². The molecule has 0 unspecified atom stereocenters. The van der Waals surface area contributed by atoms with Gasteiger partial charge in [-0.3, -0.25) is 5.32 Å². The van der Waals surface area contributed by atoms with Crippen LogP contribution in [0.1, 0.15) is 0 Å². The van der Waals surface area contributed by atoms with Gasteiger partial charge in [-0.25, -0.2) is 17.5 Å². The minimum atomic E-state index is -3.57. The molecule has 1 rings (SSSR count). The van der Waals surface area contributed by atoms with Crippen LogP contribution in [0.3, 0.4) is 0 Å². The number of amides is 1. The van der Waals surface area contributed by atoms with Crippen molar-refractivity contribution in [1.82, 2.24) is 4.31 Å². The molecule has 18 heavy (non-hydrogen) atoms. The van der Waals surface area contributed by atoms with E-state index >= 15 is 0 Å². The molecule has 1 amide bonds. The molecule has 0 aliphatic heterocycles. The van der Waals surface area contributed by atoms with Crippen LogP contribution in [0.4, 0.5) is 10.5 Å². The molecule has 1 aromatic carbocycles. The van der Waals surface area contributed by atoms with Gasteiger partial charge in [-0.2, -0.15) is 0 Å². The van der Waals surface area contributed by atoms with Gasteiger partial charge in [0.1, 0.15) is 0 Å². The molecule has 0 radical (unpaired) electrons. The summed E-state index contributed by atoms with van der Waals surface area (Å²) in [5.74, 6) is 0. The summed E-state index contributed by atoms with van der Waals surface area (Å²) in [6.45, 7) is 0. The lowest BCUT2D eigenvalue weighted by molar-refractivity contribution is 0.209. The molecule has 2 N–H and O–H groups in total. The lowest BCUT2D eigenvalue weighted by Crippen LogP contribution is -2.22. The van der Waals surface area contributed by atoms with E-state index in [1.807, 2.05) is 0 Å². The molecule has 0 aromatic heterocycles. The van der Waals surface area contributed by atoms with Gasteiger partial charge in [0, 0.05) is 23.0 Å². The number of nitrogens with one attached hydrogen (secondary N) is 1. The van der Waals surface area contributed by atoms with E-state index in [1.165, 1.54) is 26.2 Å². The van der Waals surface area contributed by atoms with E-state index in [-0.39, 0.29) is 10.6 Å². The summed E-state index contributed by atoms with van der Waals surface area (Å²) in [6, 6.07) is 2.68. The van der Waals surface area contributed by atoms with E-state index in [0.29, 0.717) is 8.95 Å². The molecule has 6 nitrogen and oxygen atoms in total. The zero-order valence-corrected chi connectivity index (χ0v) is 13.4. The zero-order chi connectivity index (χ0) is 14.1. The summed E-state index contributed by atoms with van der Waals surface area (Å²) < 4.78 is 25.6. The molecule has 0 saturated heterocycles. The van der Waals surface area contributed by atoms with E-state index in [4.69, 9.17) is 5.11 Å².